The van der Waals surface area contributed by atoms with Gasteiger partial charge in [-0.3, -0.25) is 4.68 Å². The van der Waals surface area contributed by atoms with Crippen LogP contribution in [0.15, 0.2) is 0 Å². The number of nitrogens with zero attached hydrogens (tertiary/aromatic N) is 3. The molecule has 0 amide bonds. The quantitative estimate of drug-likeness (QED) is 0.816. The zero-order chi connectivity index (χ0) is 10.7. The first-order valence-electron chi connectivity index (χ1n) is 5.91. The summed E-state index contributed by atoms with van der Waals surface area (Å²) < 4.78 is 1.89. The maximum atomic E-state index is 5.54. The van der Waals surface area contributed by atoms with E-state index in [4.69, 9.17) is 5.73 Å². The molecule has 0 unspecified atom stereocenters. The van der Waals surface area contributed by atoms with Gasteiger partial charge >= 0.3 is 0 Å². The SMILES string of the molecule is Cn1nc(C2CCCCC2)nc1CCN. The van der Waals surface area contributed by atoms with Crippen LogP contribution in [-0.2, 0) is 13.5 Å². The maximum absolute atomic E-state index is 5.54. The molecule has 1 aliphatic rings. The van der Waals surface area contributed by atoms with E-state index in [1.165, 1.54) is 32.1 Å². The predicted octanol–water partition coefficient (Wildman–Crippen LogP) is 1.36. The van der Waals surface area contributed by atoms with Crippen LogP contribution in [0, 0.1) is 0 Å². The second-order valence-electron chi connectivity index (χ2n) is 4.38. The third-order valence-electron chi connectivity index (χ3n) is 3.21. The third kappa shape index (κ3) is 2.37. The van der Waals surface area contributed by atoms with Gasteiger partial charge in [0.2, 0.25) is 0 Å². The van der Waals surface area contributed by atoms with Crippen LogP contribution in [0.1, 0.15) is 49.7 Å². The van der Waals surface area contributed by atoms with Crippen molar-refractivity contribution in [3.05, 3.63) is 11.6 Å². The highest BCUT2D eigenvalue weighted by Gasteiger charge is 2.20. The van der Waals surface area contributed by atoms with Gasteiger partial charge in [0.15, 0.2) is 5.82 Å². The Morgan fingerprint density at radius 3 is 2.73 bits per heavy atom. The van der Waals surface area contributed by atoms with E-state index in [0.717, 1.165) is 18.1 Å². The van der Waals surface area contributed by atoms with Gasteiger partial charge in [-0.25, -0.2) is 4.98 Å². The van der Waals surface area contributed by atoms with E-state index < -0.39 is 0 Å². The number of nitrogens with two attached hydrogens (primary N) is 1. The van der Waals surface area contributed by atoms with Crippen LogP contribution in [0.25, 0.3) is 0 Å². The molecule has 0 aromatic carbocycles. The molecule has 2 rings (SSSR count). The van der Waals surface area contributed by atoms with Gasteiger partial charge in [0.1, 0.15) is 5.82 Å². The molecule has 0 radical (unpaired) electrons. The van der Waals surface area contributed by atoms with Gasteiger partial charge in [0, 0.05) is 19.4 Å². The van der Waals surface area contributed by atoms with Crippen molar-refractivity contribution in [2.24, 2.45) is 12.8 Å². The zero-order valence-corrected chi connectivity index (χ0v) is 9.45. The maximum Gasteiger partial charge on any atom is 0.154 e. The molecule has 0 saturated heterocycles. The number of aromatic nitrogens is 3. The van der Waals surface area contributed by atoms with Gasteiger partial charge in [-0.15, -0.1) is 0 Å². The molecular weight excluding hydrogens is 188 g/mol. The van der Waals surface area contributed by atoms with Crippen LogP contribution < -0.4 is 5.73 Å². The fourth-order valence-electron chi connectivity index (χ4n) is 2.32. The van der Waals surface area contributed by atoms with Crippen molar-refractivity contribution in [3.63, 3.8) is 0 Å². The Morgan fingerprint density at radius 1 is 1.33 bits per heavy atom. The first kappa shape index (κ1) is 10.6. The molecule has 1 fully saturated rings. The molecule has 84 valence electrons. The van der Waals surface area contributed by atoms with Crippen LogP contribution in [-0.4, -0.2) is 21.3 Å². The van der Waals surface area contributed by atoms with Crippen molar-refractivity contribution < 1.29 is 0 Å². The number of hydrogen-bond acceptors (Lipinski definition) is 3. The summed E-state index contributed by atoms with van der Waals surface area (Å²) in [6, 6.07) is 0. The molecule has 1 heterocycles. The molecule has 4 heteroatoms. The molecule has 4 nitrogen and oxygen atoms in total. The smallest absolute Gasteiger partial charge is 0.154 e. The topological polar surface area (TPSA) is 56.7 Å². The Morgan fingerprint density at radius 2 is 2.07 bits per heavy atom. The van der Waals surface area contributed by atoms with Gasteiger partial charge in [-0.05, 0) is 19.4 Å². The summed E-state index contributed by atoms with van der Waals surface area (Å²) in [7, 11) is 1.96. The molecule has 0 aliphatic heterocycles. The van der Waals surface area contributed by atoms with E-state index in [1.54, 1.807) is 0 Å². The van der Waals surface area contributed by atoms with Gasteiger partial charge in [-0.1, -0.05) is 19.3 Å². The summed E-state index contributed by atoms with van der Waals surface area (Å²) in [4.78, 5) is 4.60. The molecule has 1 aromatic heterocycles. The Bertz CT molecular complexity index is 312. The molecule has 1 aliphatic carbocycles. The van der Waals surface area contributed by atoms with Gasteiger partial charge in [0.05, 0.1) is 0 Å². The van der Waals surface area contributed by atoms with Crippen LogP contribution in [0.2, 0.25) is 0 Å². The minimum Gasteiger partial charge on any atom is -0.330 e. The summed E-state index contributed by atoms with van der Waals surface area (Å²) in [5.74, 6) is 2.66. The fourth-order valence-corrected chi connectivity index (χ4v) is 2.32. The van der Waals surface area contributed by atoms with E-state index >= 15 is 0 Å². The molecule has 2 N–H and O–H groups in total. The van der Waals surface area contributed by atoms with Crippen molar-refractivity contribution in [1.29, 1.82) is 0 Å². The van der Waals surface area contributed by atoms with E-state index in [-0.39, 0.29) is 0 Å². The molecule has 1 saturated carbocycles. The van der Waals surface area contributed by atoms with Crippen LogP contribution in [0.5, 0.6) is 0 Å². The lowest BCUT2D eigenvalue weighted by Crippen LogP contribution is -2.08. The highest BCUT2D eigenvalue weighted by atomic mass is 15.3. The number of rotatable bonds is 3. The second kappa shape index (κ2) is 4.75. The van der Waals surface area contributed by atoms with E-state index in [1.807, 2.05) is 11.7 Å². The summed E-state index contributed by atoms with van der Waals surface area (Å²) in [5, 5.41) is 4.50. The van der Waals surface area contributed by atoms with Crippen molar-refractivity contribution >= 4 is 0 Å². The first-order chi connectivity index (χ1) is 7.31. The summed E-state index contributed by atoms with van der Waals surface area (Å²) in [5.41, 5.74) is 5.54. The molecule has 15 heavy (non-hydrogen) atoms. The van der Waals surface area contributed by atoms with Crippen LogP contribution in [0.3, 0.4) is 0 Å². The average molecular weight is 208 g/mol. The normalized spacial score (nSPS) is 18.3. The molecule has 0 bridgehead atoms. The lowest BCUT2D eigenvalue weighted by atomic mass is 9.89. The van der Waals surface area contributed by atoms with Crippen molar-refractivity contribution in [2.45, 2.75) is 44.4 Å². The lowest BCUT2D eigenvalue weighted by molar-refractivity contribution is 0.427. The van der Waals surface area contributed by atoms with Crippen molar-refractivity contribution in [3.8, 4) is 0 Å². The monoisotopic (exact) mass is 208 g/mol. The van der Waals surface area contributed by atoms with Crippen molar-refractivity contribution in [1.82, 2.24) is 14.8 Å². The van der Waals surface area contributed by atoms with Gasteiger partial charge < -0.3 is 5.73 Å². The Kier molecular flexibility index (Phi) is 3.36. The van der Waals surface area contributed by atoms with Crippen molar-refractivity contribution in [2.75, 3.05) is 6.54 Å². The second-order valence-corrected chi connectivity index (χ2v) is 4.38. The summed E-state index contributed by atoms with van der Waals surface area (Å²) in [6.07, 6.45) is 7.37. The molecule has 1 aromatic rings. The Hall–Kier alpha value is -0.900. The standard InChI is InChI=1S/C11H20N4/c1-15-10(7-8-12)13-11(14-15)9-5-3-2-4-6-9/h9H,2-8,12H2,1H3. The average Bonchev–Trinajstić information content (AvgIpc) is 2.63. The Balaban J connectivity index is 2.10. The summed E-state index contributed by atoms with van der Waals surface area (Å²) in [6.45, 7) is 0.649. The predicted molar refractivity (Wildman–Crippen MR) is 59.6 cm³/mol. The first-order valence-corrected chi connectivity index (χ1v) is 5.91. The highest BCUT2D eigenvalue weighted by Crippen LogP contribution is 2.30. The van der Waals surface area contributed by atoms with E-state index in [9.17, 15) is 0 Å². The molecule has 0 spiro atoms. The minimum absolute atomic E-state index is 0.594. The molecular formula is C11H20N4. The van der Waals surface area contributed by atoms with Gasteiger partial charge in [-0.2, -0.15) is 5.10 Å². The molecule has 0 atom stereocenters. The largest absolute Gasteiger partial charge is 0.330 e. The summed E-state index contributed by atoms with van der Waals surface area (Å²) >= 11 is 0. The zero-order valence-electron chi connectivity index (χ0n) is 9.45. The van der Waals surface area contributed by atoms with Gasteiger partial charge in [0.25, 0.3) is 0 Å². The van der Waals surface area contributed by atoms with Crippen LogP contribution in [0.4, 0.5) is 0 Å². The Labute approximate surface area is 90.9 Å². The minimum atomic E-state index is 0.594. The third-order valence-corrected chi connectivity index (χ3v) is 3.21. The highest BCUT2D eigenvalue weighted by molar-refractivity contribution is 5.00. The number of hydrogen-bond donors (Lipinski definition) is 1. The van der Waals surface area contributed by atoms with Crippen LogP contribution >= 0.6 is 0 Å². The lowest BCUT2D eigenvalue weighted by Gasteiger charge is -2.18. The van der Waals surface area contributed by atoms with E-state index in [0.29, 0.717) is 12.5 Å². The van der Waals surface area contributed by atoms with E-state index in [2.05, 4.69) is 10.1 Å². The number of aryl methyl sites for hydroxylation is 1. The fraction of sp³-hybridized carbons (Fsp3) is 0.818.